The maximum Gasteiger partial charge on any atom is 0.404 e. The van der Waals surface area contributed by atoms with Crippen LogP contribution in [-0.2, 0) is 4.74 Å². The number of benzene rings is 1. The van der Waals surface area contributed by atoms with Crippen LogP contribution in [-0.4, -0.2) is 35.3 Å². The second-order valence-corrected chi connectivity index (χ2v) is 7.31. The first-order valence-electron chi connectivity index (χ1n) is 10.0. The Hall–Kier alpha value is -3.41. The predicted molar refractivity (Wildman–Crippen MR) is 111 cm³/mol. The van der Waals surface area contributed by atoms with Gasteiger partial charge in [-0.05, 0) is 50.7 Å². The Kier molecular flexibility index (Phi) is 7.01. The van der Waals surface area contributed by atoms with E-state index < -0.39 is 11.9 Å². The lowest BCUT2D eigenvalue weighted by Crippen LogP contribution is -2.30. The van der Waals surface area contributed by atoms with E-state index in [0.29, 0.717) is 11.3 Å². The van der Waals surface area contributed by atoms with Crippen LogP contribution in [0.5, 0.6) is 0 Å². The van der Waals surface area contributed by atoms with E-state index in [4.69, 9.17) is 16.7 Å². The molecule has 1 aromatic heterocycles. The van der Waals surface area contributed by atoms with E-state index in [-0.39, 0.29) is 17.6 Å². The van der Waals surface area contributed by atoms with Gasteiger partial charge in [-0.25, -0.2) is 14.2 Å². The number of hydrogen-bond acceptors (Lipinski definition) is 7. The number of carbonyl (C=O) groups is 1. The molecule has 0 spiro atoms. The van der Waals surface area contributed by atoms with Crippen molar-refractivity contribution >= 4 is 17.9 Å². The Morgan fingerprint density at radius 3 is 2.43 bits per heavy atom. The number of halogens is 1. The van der Waals surface area contributed by atoms with Gasteiger partial charge in [0, 0.05) is 24.7 Å². The Bertz CT molecular complexity index is 936. The van der Waals surface area contributed by atoms with E-state index in [1.807, 2.05) is 12.1 Å². The summed E-state index contributed by atoms with van der Waals surface area (Å²) in [5, 5.41) is 8.80. The molecule has 2 aliphatic rings. The second-order valence-electron chi connectivity index (χ2n) is 7.31. The first-order valence-corrected chi connectivity index (χ1v) is 10.0. The van der Waals surface area contributed by atoms with E-state index in [0.717, 1.165) is 51.0 Å². The third-order valence-corrected chi connectivity index (χ3v) is 5.13. The molecule has 1 saturated heterocycles. The van der Waals surface area contributed by atoms with Crippen LogP contribution in [0.15, 0.2) is 24.3 Å². The molecule has 8 nitrogen and oxygen atoms in total. The van der Waals surface area contributed by atoms with Gasteiger partial charge in [-0.1, -0.05) is 6.07 Å². The van der Waals surface area contributed by atoms with Gasteiger partial charge in [-0.2, -0.15) is 10.2 Å². The molecule has 1 aliphatic heterocycles. The monoisotopic (exact) mass is 412 g/mol. The number of anilines is 2. The second kappa shape index (κ2) is 9.87. The predicted octanol–water partition coefficient (Wildman–Crippen LogP) is 3.36. The number of primary amides is 1. The van der Waals surface area contributed by atoms with Crippen molar-refractivity contribution in [2.45, 2.75) is 44.6 Å². The van der Waals surface area contributed by atoms with Gasteiger partial charge in [0.15, 0.2) is 0 Å². The number of rotatable bonds is 3. The van der Waals surface area contributed by atoms with Gasteiger partial charge in [0.25, 0.3) is 0 Å². The minimum Gasteiger partial charge on any atom is -0.446 e. The molecule has 2 heterocycles. The van der Waals surface area contributed by atoms with Crippen molar-refractivity contribution in [2.75, 3.05) is 23.7 Å². The summed E-state index contributed by atoms with van der Waals surface area (Å²) >= 11 is 0. The zero-order chi connectivity index (χ0) is 21.5. The number of carbonyl (C=O) groups excluding carboxylic acids is 1. The molecule has 0 bridgehead atoms. The fourth-order valence-corrected chi connectivity index (χ4v) is 3.30. The molecule has 4 rings (SSSR count). The van der Waals surface area contributed by atoms with Gasteiger partial charge >= 0.3 is 6.09 Å². The summed E-state index contributed by atoms with van der Waals surface area (Å²) in [6.45, 7) is 1.88. The smallest absolute Gasteiger partial charge is 0.404 e. The lowest BCUT2D eigenvalue weighted by molar-refractivity contribution is 0.0591. The summed E-state index contributed by atoms with van der Waals surface area (Å²) in [5.41, 5.74) is 11.7. The molecule has 1 aliphatic carbocycles. The maximum atomic E-state index is 13.8. The molecule has 30 heavy (non-hydrogen) atoms. The summed E-state index contributed by atoms with van der Waals surface area (Å²) in [6, 6.07) is 8.05. The van der Waals surface area contributed by atoms with Crippen LogP contribution in [0.4, 0.5) is 21.0 Å². The van der Waals surface area contributed by atoms with Crippen molar-refractivity contribution in [1.29, 1.82) is 5.26 Å². The topological polar surface area (TPSA) is 131 Å². The number of hydrogen-bond donors (Lipinski definition) is 2. The van der Waals surface area contributed by atoms with Crippen molar-refractivity contribution in [1.82, 2.24) is 9.97 Å². The molecule has 158 valence electrons. The fraction of sp³-hybridized carbons (Fsp3) is 0.429. The zero-order valence-electron chi connectivity index (χ0n) is 16.7. The van der Waals surface area contributed by atoms with Crippen LogP contribution in [0.2, 0.25) is 0 Å². The molecule has 9 heteroatoms. The maximum absolute atomic E-state index is 13.8. The van der Waals surface area contributed by atoms with Crippen LogP contribution in [0.25, 0.3) is 11.3 Å². The summed E-state index contributed by atoms with van der Waals surface area (Å²) in [6.07, 6.45) is 6.12. The molecule has 4 N–H and O–H groups in total. The summed E-state index contributed by atoms with van der Waals surface area (Å²) in [4.78, 5) is 20.6. The van der Waals surface area contributed by atoms with E-state index in [1.54, 1.807) is 6.07 Å². The minimum atomic E-state index is -0.644. The number of ether oxygens (including phenoxy) is 1. The van der Waals surface area contributed by atoms with Crippen molar-refractivity contribution in [3.8, 4) is 17.3 Å². The van der Waals surface area contributed by atoms with Gasteiger partial charge in [0.2, 0.25) is 5.95 Å². The van der Waals surface area contributed by atoms with Gasteiger partial charge in [-0.15, -0.1) is 0 Å². The molecule has 2 aromatic rings. The fourth-order valence-electron chi connectivity index (χ4n) is 3.30. The number of aromatic nitrogens is 2. The summed E-state index contributed by atoms with van der Waals surface area (Å²) in [5.74, 6) is 0.381. The Labute approximate surface area is 174 Å². The molecule has 1 amide bonds. The van der Waals surface area contributed by atoms with Crippen LogP contribution >= 0.6 is 0 Å². The Balaban J connectivity index is 0.000000269. The van der Waals surface area contributed by atoms with Gasteiger partial charge in [-0.3, -0.25) is 0 Å². The van der Waals surface area contributed by atoms with Crippen molar-refractivity contribution in [3.63, 3.8) is 0 Å². The number of piperidine rings is 1. The highest BCUT2D eigenvalue weighted by Gasteiger charge is 2.20. The number of nitrogen functional groups attached to an aromatic ring is 1. The molecule has 2 fully saturated rings. The molecule has 0 atom stereocenters. The minimum absolute atomic E-state index is 0.0158. The van der Waals surface area contributed by atoms with Crippen LogP contribution in [0.1, 0.15) is 44.1 Å². The Morgan fingerprint density at radius 2 is 1.90 bits per heavy atom. The lowest BCUT2D eigenvalue weighted by Gasteiger charge is -2.28. The van der Waals surface area contributed by atoms with E-state index >= 15 is 0 Å². The van der Waals surface area contributed by atoms with Crippen molar-refractivity contribution < 1.29 is 13.9 Å². The number of nitriles is 1. The van der Waals surface area contributed by atoms with Crippen LogP contribution < -0.4 is 16.4 Å². The van der Waals surface area contributed by atoms with E-state index in [2.05, 4.69) is 19.6 Å². The average Bonchev–Trinajstić information content (AvgIpc) is 2.71. The molecular formula is C21H25FN6O2. The van der Waals surface area contributed by atoms with Gasteiger partial charge in [0.05, 0.1) is 11.3 Å². The van der Waals surface area contributed by atoms with Crippen LogP contribution in [0.3, 0.4) is 0 Å². The number of nitrogens with zero attached hydrogens (tertiary/aromatic N) is 4. The number of nitrogens with two attached hydrogens (primary N) is 2. The standard InChI is InChI=1S/C16H16FN5.C5H9NO2/c17-13-8-11(4-5-12(13)10-18)14-9-15(21-16(19)20-14)22-6-2-1-3-7-22;6-5(7)8-4-2-1-3-4/h4-5,8-9H,1-3,6-7H2,(H2,19,20,21);4H,1-3H2,(H2,6,7). The molecule has 1 aromatic carbocycles. The highest BCUT2D eigenvalue weighted by atomic mass is 19.1. The SMILES string of the molecule is N#Cc1ccc(-c2cc(N3CCCCC3)nc(N)n2)cc1F.NC(=O)OC1CCC1. The third-order valence-electron chi connectivity index (χ3n) is 5.13. The number of amides is 1. The quantitative estimate of drug-likeness (QED) is 0.790. The van der Waals surface area contributed by atoms with Crippen molar-refractivity contribution in [2.24, 2.45) is 5.73 Å². The molecule has 0 unspecified atom stereocenters. The Morgan fingerprint density at radius 1 is 1.17 bits per heavy atom. The van der Waals surface area contributed by atoms with E-state index in [9.17, 15) is 9.18 Å². The van der Waals surface area contributed by atoms with Gasteiger partial charge < -0.3 is 21.1 Å². The van der Waals surface area contributed by atoms with E-state index in [1.165, 1.54) is 18.6 Å². The molecule has 0 radical (unpaired) electrons. The third kappa shape index (κ3) is 5.56. The normalized spacial score (nSPS) is 15.9. The average molecular weight is 412 g/mol. The molecular weight excluding hydrogens is 387 g/mol. The largest absolute Gasteiger partial charge is 0.446 e. The summed E-state index contributed by atoms with van der Waals surface area (Å²) in [7, 11) is 0. The molecule has 1 saturated carbocycles. The first-order chi connectivity index (χ1) is 14.5. The highest BCUT2D eigenvalue weighted by molar-refractivity contribution is 5.65. The van der Waals surface area contributed by atoms with Crippen molar-refractivity contribution in [3.05, 3.63) is 35.6 Å². The lowest BCUT2D eigenvalue weighted by atomic mass is 9.96. The first kappa shape index (κ1) is 21.3. The van der Waals surface area contributed by atoms with Crippen LogP contribution in [0, 0.1) is 17.1 Å². The highest BCUT2D eigenvalue weighted by Crippen LogP contribution is 2.26. The zero-order valence-corrected chi connectivity index (χ0v) is 16.7. The summed E-state index contributed by atoms with van der Waals surface area (Å²) < 4.78 is 18.4. The van der Waals surface area contributed by atoms with Gasteiger partial charge in [0.1, 0.15) is 23.8 Å².